The zero-order valence-corrected chi connectivity index (χ0v) is 11.3. The summed E-state index contributed by atoms with van der Waals surface area (Å²) in [7, 11) is 1.82. The molecular weight excluding hydrogens is 226 g/mol. The number of carbonyl (C=O) groups is 1. The SMILES string of the molecule is CNC(c1ccc2c(c1)CCC2)C(C)(C)C(=O)O. The van der Waals surface area contributed by atoms with Crippen molar-refractivity contribution in [2.75, 3.05) is 7.05 Å². The van der Waals surface area contributed by atoms with Gasteiger partial charge in [0.25, 0.3) is 0 Å². The van der Waals surface area contributed by atoms with E-state index >= 15 is 0 Å². The summed E-state index contributed by atoms with van der Waals surface area (Å²) in [6, 6.07) is 6.23. The van der Waals surface area contributed by atoms with E-state index < -0.39 is 11.4 Å². The molecule has 0 heterocycles. The van der Waals surface area contributed by atoms with E-state index in [9.17, 15) is 9.90 Å². The first-order valence-corrected chi connectivity index (χ1v) is 6.49. The lowest BCUT2D eigenvalue weighted by molar-refractivity contribution is -0.148. The van der Waals surface area contributed by atoms with E-state index in [1.54, 1.807) is 13.8 Å². The maximum atomic E-state index is 11.4. The third-order valence-corrected chi connectivity index (χ3v) is 4.02. The lowest BCUT2D eigenvalue weighted by Crippen LogP contribution is -2.38. The lowest BCUT2D eigenvalue weighted by Gasteiger charge is -2.30. The van der Waals surface area contributed by atoms with Crippen LogP contribution in [0, 0.1) is 5.41 Å². The van der Waals surface area contributed by atoms with Gasteiger partial charge in [-0.1, -0.05) is 18.2 Å². The molecule has 1 aromatic rings. The van der Waals surface area contributed by atoms with Crippen molar-refractivity contribution >= 4 is 5.97 Å². The molecule has 1 aliphatic carbocycles. The quantitative estimate of drug-likeness (QED) is 0.859. The van der Waals surface area contributed by atoms with E-state index in [-0.39, 0.29) is 6.04 Å². The summed E-state index contributed by atoms with van der Waals surface area (Å²) in [5.74, 6) is -0.776. The van der Waals surface area contributed by atoms with Crippen LogP contribution in [0.5, 0.6) is 0 Å². The Morgan fingerprint density at radius 2 is 2.00 bits per heavy atom. The molecule has 0 aliphatic heterocycles. The smallest absolute Gasteiger partial charge is 0.311 e. The molecule has 98 valence electrons. The second-order valence-corrected chi connectivity index (χ2v) is 5.63. The van der Waals surface area contributed by atoms with Gasteiger partial charge < -0.3 is 10.4 Å². The number of hydrogen-bond acceptors (Lipinski definition) is 2. The number of carboxylic acids is 1. The Labute approximate surface area is 108 Å². The number of hydrogen-bond donors (Lipinski definition) is 2. The molecule has 2 N–H and O–H groups in total. The molecule has 1 aliphatic rings. The second-order valence-electron chi connectivity index (χ2n) is 5.63. The fourth-order valence-electron chi connectivity index (χ4n) is 2.84. The molecule has 2 rings (SSSR count). The van der Waals surface area contributed by atoms with Crippen LogP contribution >= 0.6 is 0 Å². The Morgan fingerprint density at radius 1 is 1.33 bits per heavy atom. The first-order valence-electron chi connectivity index (χ1n) is 6.49. The van der Waals surface area contributed by atoms with Crippen molar-refractivity contribution in [3.05, 3.63) is 34.9 Å². The molecule has 0 aromatic heterocycles. The minimum absolute atomic E-state index is 0.166. The van der Waals surface area contributed by atoms with E-state index in [2.05, 4.69) is 23.5 Å². The van der Waals surface area contributed by atoms with E-state index in [1.807, 2.05) is 7.05 Å². The van der Waals surface area contributed by atoms with Gasteiger partial charge in [0.15, 0.2) is 0 Å². The van der Waals surface area contributed by atoms with Crippen LogP contribution in [0.1, 0.15) is 43.0 Å². The first-order chi connectivity index (χ1) is 8.46. The minimum atomic E-state index is -0.818. The van der Waals surface area contributed by atoms with E-state index in [4.69, 9.17) is 0 Å². The minimum Gasteiger partial charge on any atom is -0.481 e. The van der Waals surface area contributed by atoms with Crippen LogP contribution < -0.4 is 5.32 Å². The van der Waals surface area contributed by atoms with Crippen LogP contribution in [0.15, 0.2) is 18.2 Å². The van der Waals surface area contributed by atoms with E-state index in [0.717, 1.165) is 18.4 Å². The van der Waals surface area contributed by atoms with Gasteiger partial charge in [0.2, 0.25) is 0 Å². The molecule has 0 saturated carbocycles. The van der Waals surface area contributed by atoms with Gasteiger partial charge >= 0.3 is 5.97 Å². The molecule has 0 radical (unpaired) electrons. The van der Waals surface area contributed by atoms with Crippen molar-refractivity contribution in [1.82, 2.24) is 5.32 Å². The summed E-state index contributed by atoms with van der Waals surface area (Å²) < 4.78 is 0. The highest BCUT2D eigenvalue weighted by molar-refractivity contribution is 5.75. The molecule has 0 saturated heterocycles. The molecule has 1 aromatic carbocycles. The summed E-state index contributed by atoms with van der Waals surface area (Å²) in [5, 5.41) is 12.5. The fraction of sp³-hybridized carbons (Fsp3) is 0.533. The van der Waals surface area contributed by atoms with Crippen LogP contribution in [0.3, 0.4) is 0 Å². The van der Waals surface area contributed by atoms with Crippen LogP contribution in [0.2, 0.25) is 0 Å². The standard InChI is InChI=1S/C15H21NO2/c1-15(2,14(17)18)13(16-3)12-8-7-10-5-4-6-11(10)9-12/h7-9,13,16H,4-6H2,1-3H3,(H,17,18). The van der Waals surface area contributed by atoms with Gasteiger partial charge in [0.1, 0.15) is 0 Å². The van der Waals surface area contributed by atoms with Crippen molar-refractivity contribution in [1.29, 1.82) is 0 Å². The molecule has 3 heteroatoms. The van der Waals surface area contributed by atoms with Gasteiger partial charge in [-0.15, -0.1) is 0 Å². The van der Waals surface area contributed by atoms with Crippen molar-refractivity contribution in [3.63, 3.8) is 0 Å². The molecular formula is C15H21NO2. The van der Waals surface area contributed by atoms with Crippen LogP contribution in [0.4, 0.5) is 0 Å². The highest BCUT2D eigenvalue weighted by atomic mass is 16.4. The summed E-state index contributed by atoms with van der Waals surface area (Å²) in [6.07, 6.45) is 3.49. The van der Waals surface area contributed by atoms with Crippen LogP contribution in [-0.2, 0) is 17.6 Å². The molecule has 0 bridgehead atoms. The summed E-state index contributed by atoms with van der Waals surface area (Å²) in [6.45, 7) is 3.54. The highest BCUT2D eigenvalue weighted by Gasteiger charge is 2.37. The summed E-state index contributed by atoms with van der Waals surface area (Å²) in [5.41, 5.74) is 3.06. The normalized spacial score (nSPS) is 16.4. The number of aryl methyl sites for hydroxylation is 2. The number of aliphatic carboxylic acids is 1. The van der Waals surface area contributed by atoms with E-state index in [1.165, 1.54) is 17.5 Å². The van der Waals surface area contributed by atoms with Gasteiger partial charge in [-0.25, -0.2) is 0 Å². The molecule has 1 unspecified atom stereocenters. The molecule has 0 amide bonds. The van der Waals surface area contributed by atoms with Gasteiger partial charge in [-0.2, -0.15) is 0 Å². The summed E-state index contributed by atoms with van der Waals surface area (Å²) in [4.78, 5) is 11.4. The molecule has 3 nitrogen and oxygen atoms in total. The van der Waals surface area contributed by atoms with Gasteiger partial charge in [-0.3, -0.25) is 4.79 Å². The first kappa shape index (κ1) is 13.1. The predicted octanol–water partition coefficient (Wildman–Crippen LogP) is 2.55. The van der Waals surface area contributed by atoms with Gasteiger partial charge in [-0.05, 0) is 56.8 Å². The third kappa shape index (κ3) is 2.15. The second kappa shape index (κ2) is 4.73. The number of rotatable bonds is 4. The van der Waals surface area contributed by atoms with E-state index in [0.29, 0.717) is 0 Å². The average molecular weight is 247 g/mol. The number of fused-ring (bicyclic) bond motifs is 1. The van der Waals surface area contributed by atoms with Crippen LogP contribution in [-0.4, -0.2) is 18.1 Å². The number of benzene rings is 1. The molecule has 1 atom stereocenters. The van der Waals surface area contributed by atoms with Crippen molar-refractivity contribution in [3.8, 4) is 0 Å². The van der Waals surface area contributed by atoms with Crippen LogP contribution in [0.25, 0.3) is 0 Å². The number of carboxylic acid groups (broad SMARTS) is 1. The van der Waals surface area contributed by atoms with Crippen molar-refractivity contribution < 1.29 is 9.90 Å². The predicted molar refractivity (Wildman–Crippen MR) is 71.7 cm³/mol. The van der Waals surface area contributed by atoms with Crippen molar-refractivity contribution in [2.45, 2.75) is 39.2 Å². The molecule has 0 fully saturated rings. The zero-order valence-electron chi connectivity index (χ0n) is 11.3. The van der Waals surface area contributed by atoms with Gasteiger partial charge in [0.05, 0.1) is 5.41 Å². The molecule has 18 heavy (non-hydrogen) atoms. The Morgan fingerprint density at radius 3 is 2.61 bits per heavy atom. The number of nitrogens with one attached hydrogen (secondary N) is 1. The Hall–Kier alpha value is -1.35. The Balaban J connectivity index is 2.36. The lowest BCUT2D eigenvalue weighted by atomic mass is 9.80. The topological polar surface area (TPSA) is 49.3 Å². The zero-order chi connectivity index (χ0) is 13.3. The third-order valence-electron chi connectivity index (χ3n) is 4.02. The monoisotopic (exact) mass is 247 g/mol. The highest BCUT2D eigenvalue weighted by Crippen LogP contribution is 2.35. The largest absolute Gasteiger partial charge is 0.481 e. The average Bonchev–Trinajstić information content (AvgIpc) is 2.76. The Bertz CT molecular complexity index is 466. The fourth-order valence-corrected chi connectivity index (χ4v) is 2.84. The van der Waals surface area contributed by atoms with Gasteiger partial charge in [0, 0.05) is 6.04 Å². The van der Waals surface area contributed by atoms with Crippen molar-refractivity contribution in [2.24, 2.45) is 5.41 Å². The maximum Gasteiger partial charge on any atom is 0.311 e. The summed E-state index contributed by atoms with van der Waals surface area (Å²) >= 11 is 0. The Kier molecular flexibility index (Phi) is 3.44. The maximum absolute atomic E-state index is 11.4. The molecule has 0 spiro atoms.